The van der Waals surface area contributed by atoms with E-state index in [1.807, 2.05) is 6.07 Å². The van der Waals surface area contributed by atoms with Gasteiger partial charge in [-0.25, -0.2) is 4.79 Å². The Morgan fingerprint density at radius 3 is 2.50 bits per heavy atom. The quantitative estimate of drug-likeness (QED) is 0.507. The normalized spacial score (nSPS) is 15.6. The van der Waals surface area contributed by atoms with Crippen LogP contribution in [-0.2, 0) is 15.1 Å². The number of carbonyl (C=O) groups excluding carboxylic acids is 1. The second kappa shape index (κ2) is 6.03. The van der Waals surface area contributed by atoms with Gasteiger partial charge in [0.2, 0.25) is 0 Å². The van der Waals surface area contributed by atoms with Crippen LogP contribution >= 0.6 is 11.6 Å². The molecule has 0 aliphatic carbocycles. The molecule has 0 aliphatic heterocycles. The first-order valence-electron chi connectivity index (χ1n) is 5.60. The molecule has 0 aromatic heterocycles. The van der Waals surface area contributed by atoms with Crippen molar-refractivity contribution < 1.29 is 14.6 Å². The second-order valence-corrected chi connectivity index (χ2v) is 4.83. The van der Waals surface area contributed by atoms with E-state index in [-0.39, 0.29) is 12.0 Å². The van der Waals surface area contributed by atoms with Gasteiger partial charge in [0.25, 0.3) is 0 Å². The van der Waals surface area contributed by atoms with Crippen LogP contribution in [0.1, 0.15) is 18.9 Å². The highest BCUT2D eigenvalue weighted by atomic mass is 35.5. The molecule has 3 nitrogen and oxygen atoms in total. The summed E-state index contributed by atoms with van der Waals surface area (Å²) in [6, 6.07) is 8.99. The Morgan fingerprint density at radius 1 is 1.50 bits per heavy atom. The van der Waals surface area contributed by atoms with Crippen molar-refractivity contribution in [3.05, 3.63) is 48.0 Å². The van der Waals surface area contributed by atoms with Gasteiger partial charge in [-0.05, 0) is 12.5 Å². The molecule has 1 aromatic rings. The van der Waals surface area contributed by atoms with E-state index < -0.39 is 16.9 Å². The lowest BCUT2D eigenvalue weighted by molar-refractivity contribution is -0.137. The number of esters is 1. The van der Waals surface area contributed by atoms with Crippen molar-refractivity contribution in [1.29, 1.82) is 0 Å². The van der Waals surface area contributed by atoms with Crippen LogP contribution in [0.25, 0.3) is 0 Å². The molecule has 0 amide bonds. The standard InChI is InChI=1S/C14H17ClO3/c1-10(13(16)18-3)9-14(17,11(2)15)12-7-5-4-6-8-12/h4-8,11,17H,1,9H2,2-3H3. The predicted octanol–water partition coefficient (Wildman–Crippen LogP) is 2.62. The molecule has 18 heavy (non-hydrogen) atoms. The lowest BCUT2D eigenvalue weighted by Crippen LogP contribution is -2.35. The molecule has 2 atom stereocenters. The van der Waals surface area contributed by atoms with E-state index in [1.165, 1.54) is 7.11 Å². The number of benzene rings is 1. The van der Waals surface area contributed by atoms with Gasteiger partial charge in [-0.3, -0.25) is 0 Å². The van der Waals surface area contributed by atoms with Gasteiger partial charge in [0, 0.05) is 12.0 Å². The summed E-state index contributed by atoms with van der Waals surface area (Å²) in [6.45, 7) is 5.30. The third kappa shape index (κ3) is 3.12. The summed E-state index contributed by atoms with van der Waals surface area (Å²) in [4.78, 5) is 11.4. The molecule has 1 rings (SSSR count). The Balaban J connectivity index is 3.03. The lowest BCUT2D eigenvalue weighted by Gasteiger charge is -2.31. The van der Waals surface area contributed by atoms with E-state index in [1.54, 1.807) is 31.2 Å². The van der Waals surface area contributed by atoms with Crippen LogP contribution in [0.3, 0.4) is 0 Å². The number of hydrogen-bond donors (Lipinski definition) is 1. The molecular weight excluding hydrogens is 252 g/mol. The van der Waals surface area contributed by atoms with E-state index in [9.17, 15) is 9.90 Å². The summed E-state index contributed by atoms with van der Waals surface area (Å²) in [5.41, 5.74) is -0.498. The van der Waals surface area contributed by atoms with E-state index in [0.29, 0.717) is 5.56 Å². The van der Waals surface area contributed by atoms with Gasteiger partial charge >= 0.3 is 5.97 Å². The van der Waals surface area contributed by atoms with Crippen molar-refractivity contribution in [1.82, 2.24) is 0 Å². The van der Waals surface area contributed by atoms with Crippen molar-refractivity contribution >= 4 is 17.6 Å². The van der Waals surface area contributed by atoms with Crippen molar-refractivity contribution in [2.24, 2.45) is 0 Å². The van der Waals surface area contributed by atoms with Crippen molar-refractivity contribution in [2.45, 2.75) is 24.3 Å². The molecular formula is C14H17ClO3. The fourth-order valence-electron chi connectivity index (χ4n) is 1.74. The average molecular weight is 269 g/mol. The van der Waals surface area contributed by atoms with Crippen LogP contribution in [0.4, 0.5) is 0 Å². The third-order valence-electron chi connectivity index (χ3n) is 2.89. The van der Waals surface area contributed by atoms with Crippen molar-refractivity contribution in [3.8, 4) is 0 Å². The number of aliphatic hydroxyl groups is 1. The number of alkyl halides is 1. The molecule has 0 spiro atoms. The molecule has 2 unspecified atom stereocenters. The summed E-state index contributed by atoms with van der Waals surface area (Å²) in [5, 5.41) is 10.1. The molecule has 1 aromatic carbocycles. The van der Waals surface area contributed by atoms with Crippen LogP contribution < -0.4 is 0 Å². The second-order valence-electron chi connectivity index (χ2n) is 4.18. The fourth-order valence-corrected chi connectivity index (χ4v) is 1.94. The average Bonchev–Trinajstić information content (AvgIpc) is 2.38. The molecule has 0 radical (unpaired) electrons. The highest BCUT2D eigenvalue weighted by molar-refractivity contribution is 6.21. The largest absolute Gasteiger partial charge is 0.466 e. The predicted molar refractivity (Wildman–Crippen MR) is 71.4 cm³/mol. The van der Waals surface area contributed by atoms with Gasteiger partial charge in [-0.15, -0.1) is 11.6 Å². The number of rotatable bonds is 5. The maximum absolute atomic E-state index is 11.4. The maximum atomic E-state index is 11.4. The molecule has 0 aliphatic rings. The van der Waals surface area contributed by atoms with Crippen molar-refractivity contribution in [2.75, 3.05) is 7.11 Å². The Bertz CT molecular complexity index is 428. The first kappa shape index (κ1) is 14.7. The summed E-state index contributed by atoms with van der Waals surface area (Å²) in [6.07, 6.45) is 0.0361. The zero-order valence-electron chi connectivity index (χ0n) is 10.5. The molecule has 0 bridgehead atoms. The number of ether oxygens (including phenoxy) is 1. The molecule has 98 valence electrons. The van der Waals surface area contributed by atoms with E-state index >= 15 is 0 Å². The molecule has 0 fully saturated rings. The third-order valence-corrected chi connectivity index (χ3v) is 3.25. The fraction of sp³-hybridized carbons (Fsp3) is 0.357. The Hall–Kier alpha value is -1.32. The summed E-state index contributed by atoms with van der Waals surface area (Å²) in [7, 11) is 1.28. The molecule has 1 N–H and O–H groups in total. The summed E-state index contributed by atoms with van der Waals surface area (Å²) >= 11 is 6.07. The molecule has 0 saturated heterocycles. The number of halogens is 1. The first-order valence-corrected chi connectivity index (χ1v) is 6.03. The van der Waals surface area contributed by atoms with E-state index in [4.69, 9.17) is 11.6 Å². The van der Waals surface area contributed by atoms with Gasteiger partial charge in [0.1, 0.15) is 5.60 Å². The Labute approximate surface area is 112 Å². The van der Waals surface area contributed by atoms with E-state index in [0.717, 1.165) is 0 Å². The van der Waals surface area contributed by atoms with Gasteiger partial charge in [-0.1, -0.05) is 36.9 Å². The van der Waals surface area contributed by atoms with Crippen LogP contribution in [0.5, 0.6) is 0 Å². The van der Waals surface area contributed by atoms with Gasteiger partial charge in [0.05, 0.1) is 12.5 Å². The SMILES string of the molecule is C=C(CC(O)(c1ccccc1)C(C)Cl)C(=O)OC. The number of hydrogen-bond acceptors (Lipinski definition) is 3. The highest BCUT2D eigenvalue weighted by Gasteiger charge is 2.36. The monoisotopic (exact) mass is 268 g/mol. The Kier molecular flexibility index (Phi) is 4.93. The smallest absolute Gasteiger partial charge is 0.333 e. The van der Waals surface area contributed by atoms with Gasteiger partial charge < -0.3 is 9.84 Å². The first-order chi connectivity index (χ1) is 8.41. The number of methoxy groups -OCH3 is 1. The zero-order chi connectivity index (χ0) is 13.8. The molecule has 0 saturated carbocycles. The minimum Gasteiger partial charge on any atom is -0.466 e. The van der Waals surface area contributed by atoms with Crippen LogP contribution in [-0.4, -0.2) is 23.6 Å². The molecule has 0 heterocycles. The van der Waals surface area contributed by atoms with Gasteiger partial charge in [0.15, 0.2) is 0 Å². The van der Waals surface area contributed by atoms with Crippen molar-refractivity contribution in [3.63, 3.8) is 0 Å². The van der Waals surface area contributed by atoms with Gasteiger partial charge in [-0.2, -0.15) is 0 Å². The zero-order valence-corrected chi connectivity index (χ0v) is 11.3. The minimum atomic E-state index is -1.34. The number of carbonyl (C=O) groups is 1. The summed E-state index contributed by atoms with van der Waals surface area (Å²) < 4.78 is 4.58. The topological polar surface area (TPSA) is 46.5 Å². The molecule has 4 heteroatoms. The minimum absolute atomic E-state index is 0.0361. The maximum Gasteiger partial charge on any atom is 0.333 e. The summed E-state index contributed by atoms with van der Waals surface area (Å²) in [5.74, 6) is -0.540. The van der Waals surface area contributed by atoms with Crippen LogP contribution in [0, 0.1) is 0 Å². The van der Waals surface area contributed by atoms with E-state index in [2.05, 4.69) is 11.3 Å². The Morgan fingerprint density at radius 2 is 2.06 bits per heavy atom. The highest BCUT2D eigenvalue weighted by Crippen LogP contribution is 2.34. The lowest BCUT2D eigenvalue weighted by atomic mass is 9.85. The van der Waals surface area contributed by atoms with Crippen LogP contribution in [0.2, 0.25) is 0 Å². The van der Waals surface area contributed by atoms with Crippen LogP contribution in [0.15, 0.2) is 42.5 Å².